The quantitative estimate of drug-likeness (QED) is 0.734. The number of rotatable bonds is 5. The third-order valence-corrected chi connectivity index (χ3v) is 2.87. The van der Waals surface area contributed by atoms with Gasteiger partial charge in [0.1, 0.15) is 5.75 Å². The Balaban J connectivity index is 1.92. The van der Waals surface area contributed by atoms with Gasteiger partial charge in [-0.15, -0.1) is 5.10 Å². The van der Waals surface area contributed by atoms with Crippen LogP contribution in [0.1, 0.15) is 26.4 Å². The number of carboxylic acid groups (broad SMARTS) is 1. The summed E-state index contributed by atoms with van der Waals surface area (Å²) in [6, 6.07) is 4.91. The van der Waals surface area contributed by atoms with Crippen LogP contribution in [0.2, 0.25) is 0 Å². The lowest BCUT2D eigenvalue weighted by Gasteiger charge is -2.08. The molecule has 110 valence electrons. The Kier molecular flexibility index (Phi) is 4.17. The van der Waals surface area contributed by atoms with Crippen LogP contribution in [0.5, 0.6) is 5.75 Å². The zero-order chi connectivity index (χ0) is 15.4. The molecule has 2 rings (SSSR count). The molecule has 0 aliphatic carbocycles. The van der Waals surface area contributed by atoms with Crippen LogP contribution in [-0.2, 0) is 6.54 Å². The van der Waals surface area contributed by atoms with E-state index in [0.717, 1.165) is 0 Å². The Hall–Kier alpha value is -2.90. The first-order chi connectivity index (χ1) is 9.99. The molecule has 1 aromatic carbocycles. The van der Waals surface area contributed by atoms with Crippen molar-refractivity contribution in [2.75, 3.05) is 6.54 Å². The largest absolute Gasteiger partial charge is 0.507 e. The fraction of sp³-hybridized carbons (Fsp3) is 0.231. The molecule has 8 nitrogen and oxygen atoms in total. The van der Waals surface area contributed by atoms with E-state index in [9.17, 15) is 14.7 Å². The first-order valence-corrected chi connectivity index (χ1v) is 6.19. The number of carboxylic acids is 1. The molecule has 21 heavy (non-hydrogen) atoms. The van der Waals surface area contributed by atoms with E-state index in [1.54, 1.807) is 19.1 Å². The number of aromatic nitrogens is 3. The standard InChI is InChI=1S/C13H14N4O4/c1-8-3-2-4-9(11(8)18)12(19)14-5-6-17-7-10(13(20)21)15-16-17/h2-4,7,18H,5-6H2,1H3,(H,14,19)(H,20,21). The van der Waals surface area contributed by atoms with Gasteiger partial charge in [-0.2, -0.15) is 0 Å². The number of phenols is 1. The average Bonchev–Trinajstić information content (AvgIpc) is 2.91. The highest BCUT2D eigenvalue weighted by molar-refractivity contribution is 5.97. The van der Waals surface area contributed by atoms with Gasteiger partial charge >= 0.3 is 5.97 Å². The molecule has 3 N–H and O–H groups in total. The number of aromatic hydroxyl groups is 1. The van der Waals surface area contributed by atoms with E-state index in [4.69, 9.17) is 5.11 Å². The summed E-state index contributed by atoms with van der Waals surface area (Å²) in [5.41, 5.74) is 0.655. The molecular weight excluding hydrogens is 276 g/mol. The lowest BCUT2D eigenvalue weighted by Crippen LogP contribution is -2.27. The Labute approximate surface area is 120 Å². The second kappa shape index (κ2) is 6.04. The van der Waals surface area contributed by atoms with Crippen molar-refractivity contribution in [3.05, 3.63) is 41.2 Å². The number of amides is 1. The van der Waals surface area contributed by atoms with Crippen LogP contribution in [0.15, 0.2) is 24.4 Å². The molecule has 0 unspecified atom stereocenters. The second-order valence-electron chi connectivity index (χ2n) is 4.40. The maximum absolute atomic E-state index is 11.9. The van der Waals surface area contributed by atoms with Crippen LogP contribution >= 0.6 is 0 Å². The smallest absolute Gasteiger partial charge is 0.358 e. The SMILES string of the molecule is Cc1cccc(C(=O)NCCn2cc(C(=O)O)nn2)c1O. The van der Waals surface area contributed by atoms with Gasteiger partial charge in [0.25, 0.3) is 5.91 Å². The Bertz CT molecular complexity index is 681. The third kappa shape index (κ3) is 3.35. The van der Waals surface area contributed by atoms with Gasteiger partial charge < -0.3 is 15.5 Å². The number of carbonyl (C=O) groups excluding carboxylic acids is 1. The highest BCUT2D eigenvalue weighted by Crippen LogP contribution is 2.20. The summed E-state index contributed by atoms with van der Waals surface area (Å²) in [5.74, 6) is -1.62. The van der Waals surface area contributed by atoms with E-state index in [0.29, 0.717) is 5.56 Å². The van der Waals surface area contributed by atoms with Crippen molar-refractivity contribution < 1.29 is 19.8 Å². The molecule has 0 radical (unpaired) electrons. The minimum atomic E-state index is -1.16. The van der Waals surface area contributed by atoms with E-state index in [2.05, 4.69) is 15.6 Å². The predicted octanol–water partition coefficient (Wildman–Crippen LogP) is 0.420. The molecule has 0 spiro atoms. The van der Waals surface area contributed by atoms with E-state index < -0.39 is 11.9 Å². The molecule has 0 saturated carbocycles. The van der Waals surface area contributed by atoms with Crippen molar-refractivity contribution in [3.8, 4) is 5.75 Å². The minimum Gasteiger partial charge on any atom is -0.507 e. The van der Waals surface area contributed by atoms with E-state index in [1.165, 1.54) is 16.9 Å². The van der Waals surface area contributed by atoms with Crippen molar-refractivity contribution in [1.82, 2.24) is 20.3 Å². The number of aryl methyl sites for hydroxylation is 1. The van der Waals surface area contributed by atoms with E-state index in [-0.39, 0.29) is 30.1 Å². The molecule has 1 aromatic heterocycles. The van der Waals surface area contributed by atoms with Gasteiger partial charge in [-0.05, 0) is 18.6 Å². The fourth-order valence-corrected chi connectivity index (χ4v) is 1.73. The molecule has 0 aliphatic rings. The third-order valence-electron chi connectivity index (χ3n) is 2.87. The summed E-state index contributed by atoms with van der Waals surface area (Å²) < 4.78 is 1.32. The zero-order valence-corrected chi connectivity index (χ0v) is 11.3. The molecule has 0 bridgehead atoms. The molecule has 0 aliphatic heterocycles. The minimum absolute atomic E-state index is 0.0519. The number of hydrogen-bond acceptors (Lipinski definition) is 5. The van der Waals surface area contributed by atoms with Crippen LogP contribution in [-0.4, -0.2) is 43.6 Å². The van der Waals surface area contributed by atoms with Crippen LogP contribution in [0.3, 0.4) is 0 Å². The van der Waals surface area contributed by atoms with Crippen LogP contribution in [0, 0.1) is 6.92 Å². The summed E-state index contributed by atoms with van der Waals surface area (Å²) in [7, 11) is 0. The number of nitrogens with one attached hydrogen (secondary N) is 1. The van der Waals surface area contributed by atoms with Crippen LogP contribution in [0.4, 0.5) is 0 Å². The number of benzene rings is 1. The molecule has 1 amide bonds. The normalized spacial score (nSPS) is 10.3. The van der Waals surface area contributed by atoms with Crippen LogP contribution in [0.25, 0.3) is 0 Å². The van der Waals surface area contributed by atoms with Gasteiger partial charge in [0, 0.05) is 6.54 Å². The maximum Gasteiger partial charge on any atom is 0.358 e. The predicted molar refractivity (Wildman–Crippen MR) is 72.2 cm³/mol. The second-order valence-corrected chi connectivity index (χ2v) is 4.40. The highest BCUT2D eigenvalue weighted by Gasteiger charge is 2.12. The number of hydrogen-bond donors (Lipinski definition) is 3. The van der Waals surface area contributed by atoms with Crippen molar-refractivity contribution in [2.45, 2.75) is 13.5 Å². The van der Waals surface area contributed by atoms with Gasteiger partial charge in [0.15, 0.2) is 5.69 Å². The molecular formula is C13H14N4O4. The number of aromatic carboxylic acids is 1. The summed E-state index contributed by atoms with van der Waals surface area (Å²) in [4.78, 5) is 22.5. The molecule has 8 heteroatoms. The van der Waals surface area contributed by atoms with Crippen molar-refractivity contribution in [2.24, 2.45) is 0 Å². The molecule has 2 aromatic rings. The monoisotopic (exact) mass is 290 g/mol. The summed E-state index contributed by atoms with van der Waals surface area (Å²) >= 11 is 0. The molecule has 0 saturated heterocycles. The average molecular weight is 290 g/mol. The number of para-hydroxylation sites is 1. The van der Waals surface area contributed by atoms with Crippen LogP contribution < -0.4 is 5.32 Å². The molecule has 0 atom stereocenters. The van der Waals surface area contributed by atoms with E-state index >= 15 is 0 Å². The first-order valence-electron chi connectivity index (χ1n) is 6.19. The number of nitrogens with zero attached hydrogens (tertiary/aromatic N) is 3. The lowest BCUT2D eigenvalue weighted by molar-refractivity contribution is 0.0690. The van der Waals surface area contributed by atoms with Gasteiger partial charge in [-0.25, -0.2) is 9.48 Å². The maximum atomic E-state index is 11.9. The van der Waals surface area contributed by atoms with E-state index in [1.807, 2.05) is 0 Å². The Morgan fingerprint density at radius 2 is 2.14 bits per heavy atom. The summed E-state index contributed by atoms with van der Waals surface area (Å²) in [5, 5.41) is 28.2. The highest BCUT2D eigenvalue weighted by atomic mass is 16.4. The summed E-state index contributed by atoms with van der Waals surface area (Å²) in [6.45, 7) is 2.21. The lowest BCUT2D eigenvalue weighted by atomic mass is 10.1. The summed E-state index contributed by atoms with van der Waals surface area (Å²) in [6.07, 6.45) is 1.28. The first kappa shape index (κ1) is 14.5. The fourth-order valence-electron chi connectivity index (χ4n) is 1.73. The molecule has 1 heterocycles. The Morgan fingerprint density at radius 3 is 2.81 bits per heavy atom. The topological polar surface area (TPSA) is 117 Å². The zero-order valence-electron chi connectivity index (χ0n) is 11.3. The van der Waals surface area contributed by atoms with Gasteiger partial charge in [0.2, 0.25) is 0 Å². The number of phenolic OH excluding ortho intramolecular Hbond substituents is 1. The van der Waals surface area contributed by atoms with Gasteiger partial charge in [-0.3, -0.25) is 4.79 Å². The van der Waals surface area contributed by atoms with Crippen molar-refractivity contribution >= 4 is 11.9 Å². The van der Waals surface area contributed by atoms with Crippen molar-refractivity contribution in [3.63, 3.8) is 0 Å². The number of carbonyl (C=O) groups is 2. The van der Waals surface area contributed by atoms with Gasteiger partial charge in [-0.1, -0.05) is 17.3 Å². The Morgan fingerprint density at radius 1 is 1.38 bits per heavy atom. The molecule has 0 fully saturated rings. The van der Waals surface area contributed by atoms with Gasteiger partial charge in [0.05, 0.1) is 18.3 Å². The van der Waals surface area contributed by atoms with Crippen molar-refractivity contribution in [1.29, 1.82) is 0 Å².